The van der Waals surface area contributed by atoms with Crippen molar-refractivity contribution in [1.82, 2.24) is 20.4 Å². The molecule has 0 aliphatic carbocycles. The molecule has 2 atom stereocenters. The smallest absolute Gasteiger partial charge is 0.353 e. The lowest BCUT2D eigenvalue weighted by Gasteiger charge is -2.49. The van der Waals surface area contributed by atoms with E-state index in [9.17, 15) is 24.3 Å². The summed E-state index contributed by atoms with van der Waals surface area (Å²) in [6.07, 6.45) is 0.169. The molecule has 2 aromatic heterocycles. The summed E-state index contributed by atoms with van der Waals surface area (Å²) in [5.74, 6) is -2.06. The first-order chi connectivity index (χ1) is 14.3. The van der Waals surface area contributed by atoms with Crippen molar-refractivity contribution >= 4 is 68.8 Å². The molecule has 156 valence electrons. The van der Waals surface area contributed by atoms with Gasteiger partial charge in [0.25, 0.3) is 5.91 Å². The van der Waals surface area contributed by atoms with E-state index >= 15 is 0 Å². The maximum atomic E-state index is 12.7. The number of aromatic nitrogens is 2. The number of fused-ring (bicyclic) bond motifs is 1. The summed E-state index contributed by atoms with van der Waals surface area (Å²) < 4.78 is 0. The van der Waals surface area contributed by atoms with Crippen LogP contribution in [0.25, 0.3) is 5.57 Å². The zero-order chi connectivity index (χ0) is 21.4. The molecule has 3 N–H and O–H groups in total. The van der Waals surface area contributed by atoms with Gasteiger partial charge in [-0.05, 0) is 11.4 Å². The first kappa shape index (κ1) is 20.5. The minimum Gasteiger partial charge on any atom is -0.477 e. The molecule has 0 radical (unpaired) electrons. The van der Waals surface area contributed by atoms with Crippen LogP contribution in [0.15, 0.2) is 23.2 Å². The number of carbonyl (C=O) groups is 4. The van der Waals surface area contributed by atoms with Crippen molar-refractivity contribution in [3.63, 3.8) is 0 Å². The van der Waals surface area contributed by atoms with Crippen molar-refractivity contribution in [3.8, 4) is 0 Å². The number of carbonyl (C=O) groups excluding carboxylic acids is 3. The van der Waals surface area contributed by atoms with Gasteiger partial charge in [0.15, 0.2) is 0 Å². The van der Waals surface area contributed by atoms with Gasteiger partial charge in [0.05, 0.1) is 6.42 Å². The van der Waals surface area contributed by atoms with Gasteiger partial charge < -0.3 is 15.7 Å². The summed E-state index contributed by atoms with van der Waals surface area (Å²) in [5.41, 5.74) is 0.188. The van der Waals surface area contributed by atoms with Crippen LogP contribution in [0, 0.1) is 0 Å². The second kappa shape index (κ2) is 8.16. The molecule has 2 unspecified atom stereocenters. The van der Waals surface area contributed by atoms with E-state index in [2.05, 4.69) is 20.8 Å². The van der Waals surface area contributed by atoms with E-state index < -0.39 is 23.3 Å². The van der Waals surface area contributed by atoms with E-state index in [0.717, 1.165) is 16.2 Å². The Morgan fingerprint density at radius 3 is 2.80 bits per heavy atom. The molecule has 30 heavy (non-hydrogen) atoms. The first-order valence-corrected chi connectivity index (χ1v) is 11.4. The van der Waals surface area contributed by atoms with Gasteiger partial charge in [0, 0.05) is 23.1 Å². The monoisotopic (exact) mass is 465 g/mol. The van der Waals surface area contributed by atoms with Crippen molar-refractivity contribution in [3.05, 3.63) is 33.1 Å². The SMILES string of the molecule is CC(=O)Nc1nnc(C2=C(C(=O)O)N3C(=O)C(NC(=O)Cc4cccs4)C3SC2)s1. The maximum absolute atomic E-state index is 12.7. The largest absolute Gasteiger partial charge is 0.477 e. The number of amides is 3. The van der Waals surface area contributed by atoms with Crippen LogP contribution in [-0.2, 0) is 25.6 Å². The summed E-state index contributed by atoms with van der Waals surface area (Å²) in [4.78, 5) is 50.1. The van der Waals surface area contributed by atoms with E-state index in [4.69, 9.17) is 0 Å². The van der Waals surface area contributed by atoms with Crippen molar-refractivity contribution in [1.29, 1.82) is 0 Å². The molecule has 0 spiro atoms. The fourth-order valence-corrected chi connectivity index (χ4v) is 6.10. The maximum Gasteiger partial charge on any atom is 0.353 e. The van der Waals surface area contributed by atoms with Gasteiger partial charge >= 0.3 is 5.97 Å². The molecule has 3 amide bonds. The Bertz CT molecular complexity index is 1060. The highest BCUT2D eigenvalue weighted by atomic mass is 32.2. The number of thioether (sulfide) groups is 1. The van der Waals surface area contributed by atoms with Gasteiger partial charge in [-0.15, -0.1) is 33.3 Å². The van der Waals surface area contributed by atoms with Gasteiger partial charge in [-0.25, -0.2) is 4.79 Å². The van der Waals surface area contributed by atoms with Crippen LogP contribution in [-0.4, -0.2) is 61.1 Å². The summed E-state index contributed by atoms with van der Waals surface area (Å²) in [6.45, 7) is 1.33. The zero-order valence-corrected chi connectivity index (χ0v) is 17.9. The summed E-state index contributed by atoms with van der Waals surface area (Å²) in [7, 11) is 0. The predicted molar refractivity (Wildman–Crippen MR) is 112 cm³/mol. The Morgan fingerprint density at radius 2 is 2.13 bits per heavy atom. The first-order valence-electron chi connectivity index (χ1n) is 8.69. The van der Waals surface area contributed by atoms with Crippen LogP contribution in [0.1, 0.15) is 16.8 Å². The molecule has 1 fully saturated rings. The number of rotatable bonds is 6. The van der Waals surface area contributed by atoms with Crippen LogP contribution in [0.4, 0.5) is 5.13 Å². The van der Waals surface area contributed by atoms with Gasteiger partial charge in [0.2, 0.25) is 16.9 Å². The molecule has 2 aliphatic heterocycles. The standard InChI is InChI=1S/C17H15N5O5S3/c1-7(23)18-17-21-20-13(30-17)9-6-29-15-11(14(25)22(15)12(9)16(26)27)19-10(24)5-8-3-2-4-28-8/h2-4,11,15H,5-6H2,1H3,(H,19,24)(H,26,27)(H,18,21,23). The highest BCUT2D eigenvalue weighted by Crippen LogP contribution is 2.44. The molecule has 1 saturated heterocycles. The van der Waals surface area contributed by atoms with E-state index in [1.165, 1.54) is 34.9 Å². The molecule has 0 bridgehead atoms. The molecule has 2 aromatic rings. The van der Waals surface area contributed by atoms with Gasteiger partial charge in [0.1, 0.15) is 22.1 Å². The molecule has 13 heteroatoms. The van der Waals surface area contributed by atoms with Crippen LogP contribution in [0.5, 0.6) is 0 Å². The van der Waals surface area contributed by atoms with E-state index in [1.807, 2.05) is 17.5 Å². The summed E-state index contributed by atoms with van der Waals surface area (Å²) in [5, 5.41) is 24.7. The van der Waals surface area contributed by atoms with Crippen LogP contribution in [0.2, 0.25) is 0 Å². The lowest BCUT2D eigenvalue weighted by molar-refractivity contribution is -0.150. The molecule has 2 aliphatic rings. The Labute approximate surface area is 182 Å². The van der Waals surface area contributed by atoms with E-state index in [1.54, 1.807) is 0 Å². The van der Waals surface area contributed by atoms with Gasteiger partial charge in [-0.3, -0.25) is 19.3 Å². The Hall–Kier alpha value is -2.77. The third-order valence-corrected chi connectivity index (χ3v) is 7.42. The second-order valence-corrected chi connectivity index (χ2v) is 9.55. The molecular formula is C17H15N5O5S3. The zero-order valence-electron chi connectivity index (χ0n) is 15.4. The number of hydrogen-bond acceptors (Lipinski definition) is 9. The van der Waals surface area contributed by atoms with Crippen LogP contribution < -0.4 is 10.6 Å². The van der Waals surface area contributed by atoms with Crippen LogP contribution >= 0.6 is 34.4 Å². The second-order valence-electron chi connectivity index (χ2n) is 6.44. The van der Waals surface area contributed by atoms with Gasteiger partial charge in [-0.2, -0.15) is 0 Å². The normalized spacial score (nSPS) is 20.4. The number of anilines is 1. The molecule has 4 heterocycles. The number of nitrogens with one attached hydrogen (secondary N) is 2. The third kappa shape index (κ3) is 3.82. The number of thiophene rings is 1. The van der Waals surface area contributed by atoms with Gasteiger partial charge in [-0.1, -0.05) is 17.4 Å². The molecular weight excluding hydrogens is 450 g/mol. The molecule has 10 nitrogen and oxygen atoms in total. The number of carboxylic acid groups (broad SMARTS) is 1. The number of hydrogen-bond donors (Lipinski definition) is 3. The third-order valence-electron chi connectivity index (χ3n) is 4.37. The predicted octanol–water partition coefficient (Wildman–Crippen LogP) is 0.996. The topological polar surface area (TPSA) is 142 Å². The highest BCUT2D eigenvalue weighted by Gasteiger charge is 2.54. The fraction of sp³-hybridized carbons (Fsp3) is 0.294. The number of carboxylic acids is 1. The number of β-lactam (4-membered cyclic amide) rings is 1. The van der Waals surface area contributed by atoms with E-state index in [0.29, 0.717) is 10.6 Å². The Kier molecular flexibility index (Phi) is 5.58. The highest BCUT2D eigenvalue weighted by molar-refractivity contribution is 8.00. The minimum absolute atomic E-state index is 0.168. The number of aliphatic carboxylic acids is 1. The van der Waals surface area contributed by atoms with Crippen molar-refractivity contribution in [2.45, 2.75) is 24.8 Å². The average molecular weight is 466 g/mol. The van der Waals surface area contributed by atoms with E-state index in [-0.39, 0.29) is 34.8 Å². The molecule has 0 aromatic carbocycles. The lowest BCUT2D eigenvalue weighted by Crippen LogP contribution is -2.70. The molecule has 4 rings (SSSR count). The Balaban J connectivity index is 1.53. The van der Waals surface area contributed by atoms with Crippen molar-refractivity contribution in [2.75, 3.05) is 11.1 Å². The summed E-state index contributed by atoms with van der Waals surface area (Å²) >= 11 is 3.83. The van der Waals surface area contributed by atoms with Crippen LogP contribution in [0.3, 0.4) is 0 Å². The van der Waals surface area contributed by atoms with Crippen molar-refractivity contribution < 1.29 is 24.3 Å². The summed E-state index contributed by atoms with van der Waals surface area (Å²) in [6, 6.07) is 2.91. The Morgan fingerprint density at radius 1 is 1.33 bits per heavy atom. The average Bonchev–Trinajstić information content (AvgIpc) is 3.36. The fourth-order valence-electron chi connectivity index (χ4n) is 3.13. The molecule has 0 saturated carbocycles. The lowest BCUT2D eigenvalue weighted by atomic mass is 10.0. The quantitative estimate of drug-likeness (QED) is 0.537. The number of nitrogens with zero attached hydrogens (tertiary/aromatic N) is 3. The van der Waals surface area contributed by atoms with Crippen molar-refractivity contribution in [2.24, 2.45) is 0 Å². The minimum atomic E-state index is -1.26.